The smallest absolute Gasteiger partial charge is 0.260 e. The molecular formula is C9H8N2OS. The fraction of sp³-hybridized carbons (Fsp3) is 0. The molecule has 0 aliphatic heterocycles. The van der Waals surface area contributed by atoms with Crippen molar-refractivity contribution in [3.63, 3.8) is 0 Å². The lowest BCUT2D eigenvalue weighted by Crippen LogP contribution is -1.93. The molecule has 2 aromatic rings. The Labute approximate surface area is 79.2 Å². The van der Waals surface area contributed by atoms with Crippen LogP contribution in [0.15, 0.2) is 41.2 Å². The molecule has 0 saturated heterocycles. The molecule has 66 valence electrons. The van der Waals surface area contributed by atoms with E-state index in [4.69, 9.17) is 0 Å². The highest BCUT2D eigenvalue weighted by molar-refractivity contribution is 7.10. The summed E-state index contributed by atoms with van der Waals surface area (Å²) in [6.45, 7) is 0. The zero-order valence-electron chi connectivity index (χ0n) is 6.78. The summed E-state index contributed by atoms with van der Waals surface area (Å²) in [5, 5.41) is 3.94. The van der Waals surface area contributed by atoms with Crippen molar-refractivity contribution in [2.75, 3.05) is 5.32 Å². The first kappa shape index (κ1) is 8.07. The molecule has 3 nitrogen and oxygen atoms in total. The molecule has 1 heterocycles. The Bertz CT molecular complexity index is 432. The van der Waals surface area contributed by atoms with Gasteiger partial charge in [-0.25, -0.2) is 0 Å². The number of rotatable bonds is 2. The van der Waals surface area contributed by atoms with Crippen molar-refractivity contribution < 1.29 is 0 Å². The van der Waals surface area contributed by atoms with Crippen molar-refractivity contribution in [1.29, 1.82) is 0 Å². The Morgan fingerprint density at radius 2 is 2.00 bits per heavy atom. The van der Waals surface area contributed by atoms with Crippen LogP contribution >= 0.6 is 11.5 Å². The van der Waals surface area contributed by atoms with Gasteiger partial charge >= 0.3 is 0 Å². The van der Waals surface area contributed by atoms with Crippen molar-refractivity contribution in [1.82, 2.24) is 4.37 Å². The van der Waals surface area contributed by atoms with Crippen LogP contribution in [0.2, 0.25) is 0 Å². The molecule has 1 aromatic heterocycles. The molecular weight excluding hydrogens is 184 g/mol. The van der Waals surface area contributed by atoms with Crippen molar-refractivity contribution in [3.05, 3.63) is 46.8 Å². The largest absolute Gasteiger partial charge is 0.346 e. The van der Waals surface area contributed by atoms with E-state index in [1.165, 1.54) is 17.6 Å². The lowest BCUT2D eigenvalue weighted by atomic mass is 10.3. The molecule has 0 aliphatic rings. The van der Waals surface area contributed by atoms with Gasteiger partial charge in [-0.3, -0.25) is 9.17 Å². The van der Waals surface area contributed by atoms with Crippen molar-refractivity contribution >= 4 is 22.2 Å². The number of aromatic amines is 1. The third kappa shape index (κ3) is 1.97. The van der Waals surface area contributed by atoms with Gasteiger partial charge in [0.2, 0.25) is 0 Å². The normalized spacial score (nSPS) is 9.85. The van der Waals surface area contributed by atoms with E-state index in [9.17, 15) is 4.79 Å². The number of aromatic nitrogens is 1. The first-order valence-corrected chi connectivity index (χ1v) is 4.67. The van der Waals surface area contributed by atoms with Gasteiger partial charge in [0.25, 0.3) is 5.56 Å². The Kier molecular flexibility index (Phi) is 2.14. The van der Waals surface area contributed by atoms with Crippen LogP contribution in [0, 0.1) is 0 Å². The summed E-state index contributed by atoms with van der Waals surface area (Å²) >= 11 is 1.30. The van der Waals surface area contributed by atoms with Gasteiger partial charge in [0.15, 0.2) is 0 Å². The molecule has 0 saturated carbocycles. The first-order valence-electron chi connectivity index (χ1n) is 3.85. The molecule has 1 aromatic carbocycles. The van der Waals surface area contributed by atoms with E-state index in [-0.39, 0.29) is 5.56 Å². The summed E-state index contributed by atoms with van der Waals surface area (Å²) in [4.78, 5) is 10.8. The number of H-pyrrole nitrogens is 1. The quantitative estimate of drug-likeness (QED) is 0.766. The maximum Gasteiger partial charge on any atom is 0.260 e. The number of benzene rings is 1. The van der Waals surface area contributed by atoms with Gasteiger partial charge in [-0.05, 0) is 23.7 Å². The second-order valence-electron chi connectivity index (χ2n) is 2.57. The third-order valence-corrected chi connectivity index (χ3v) is 2.31. The number of hydrogen-bond donors (Lipinski definition) is 2. The maximum absolute atomic E-state index is 10.8. The molecule has 4 heteroatoms. The van der Waals surface area contributed by atoms with Crippen LogP contribution in [0.3, 0.4) is 0 Å². The van der Waals surface area contributed by atoms with Gasteiger partial charge in [0.05, 0.1) is 0 Å². The van der Waals surface area contributed by atoms with Gasteiger partial charge in [0.1, 0.15) is 5.00 Å². The van der Waals surface area contributed by atoms with E-state index in [1.807, 2.05) is 30.3 Å². The molecule has 13 heavy (non-hydrogen) atoms. The lowest BCUT2D eigenvalue weighted by molar-refractivity contribution is 1.43. The van der Waals surface area contributed by atoms with E-state index < -0.39 is 0 Å². The van der Waals surface area contributed by atoms with Crippen LogP contribution in [-0.4, -0.2) is 4.37 Å². The summed E-state index contributed by atoms with van der Waals surface area (Å²) in [6, 6.07) is 11.3. The second kappa shape index (κ2) is 3.45. The Morgan fingerprint density at radius 1 is 1.23 bits per heavy atom. The highest BCUT2D eigenvalue weighted by Gasteiger charge is 1.95. The maximum atomic E-state index is 10.8. The topological polar surface area (TPSA) is 44.9 Å². The number of anilines is 2. The van der Waals surface area contributed by atoms with E-state index in [0.717, 1.165) is 10.7 Å². The lowest BCUT2D eigenvalue weighted by Gasteiger charge is -2.00. The molecule has 2 rings (SSSR count). The second-order valence-corrected chi connectivity index (χ2v) is 3.42. The number of para-hydroxylation sites is 1. The molecule has 0 aliphatic carbocycles. The predicted molar refractivity (Wildman–Crippen MR) is 54.7 cm³/mol. The van der Waals surface area contributed by atoms with Gasteiger partial charge in [0, 0.05) is 11.8 Å². The van der Waals surface area contributed by atoms with Gasteiger partial charge in [-0.15, -0.1) is 0 Å². The van der Waals surface area contributed by atoms with Crippen LogP contribution in [0.5, 0.6) is 0 Å². The van der Waals surface area contributed by atoms with E-state index in [2.05, 4.69) is 9.69 Å². The number of nitrogens with one attached hydrogen (secondary N) is 2. The fourth-order valence-corrected chi connectivity index (χ4v) is 1.61. The summed E-state index contributed by atoms with van der Waals surface area (Å²) in [5.74, 6) is 0. The minimum Gasteiger partial charge on any atom is -0.346 e. The van der Waals surface area contributed by atoms with E-state index in [1.54, 1.807) is 0 Å². The monoisotopic (exact) mass is 192 g/mol. The summed E-state index contributed by atoms with van der Waals surface area (Å²) in [7, 11) is 0. The summed E-state index contributed by atoms with van der Waals surface area (Å²) in [6.07, 6.45) is 0. The zero-order chi connectivity index (χ0) is 9.10. The molecule has 0 radical (unpaired) electrons. The Hall–Kier alpha value is -1.55. The van der Waals surface area contributed by atoms with Crippen LogP contribution < -0.4 is 10.9 Å². The van der Waals surface area contributed by atoms with E-state index in [0.29, 0.717) is 0 Å². The average Bonchev–Trinajstić information content (AvgIpc) is 2.53. The number of hydrogen-bond acceptors (Lipinski definition) is 3. The Morgan fingerprint density at radius 3 is 2.62 bits per heavy atom. The molecule has 0 fully saturated rings. The van der Waals surface area contributed by atoms with Crippen molar-refractivity contribution in [3.8, 4) is 0 Å². The van der Waals surface area contributed by atoms with Crippen LogP contribution in [0.4, 0.5) is 10.7 Å². The summed E-state index contributed by atoms with van der Waals surface area (Å²) in [5.41, 5.74) is 0.918. The molecule has 0 amide bonds. The fourth-order valence-electron chi connectivity index (χ4n) is 1.01. The van der Waals surface area contributed by atoms with E-state index >= 15 is 0 Å². The molecule has 0 unspecified atom stereocenters. The zero-order valence-corrected chi connectivity index (χ0v) is 7.60. The van der Waals surface area contributed by atoms with Gasteiger partial charge in [-0.1, -0.05) is 18.2 Å². The van der Waals surface area contributed by atoms with Gasteiger partial charge in [-0.2, -0.15) is 0 Å². The highest BCUT2D eigenvalue weighted by atomic mass is 32.1. The van der Waals surface area contributed by atoms with Crippen molar-refractivity contribution in [2.45, 2.75) is 0 Å². The minimum atomic E-state index is -0.0663. The summed E-state index contributed by atoms with van der Waals surface area (Å²) < 4.78 is 2.61. The van der Waals surface area contributed by atoms with Crippen LogP contribution in [-0.2, 0) is 0 Å². The highest BCUT2D eigenvalue weighted by Crippen LogP contribution is 2.16. The van der Waals surface area contributed by atoms with Crippen molar-refractivity contribution in [2.24, 2.45) is 0 Å². The average molecular weight is 192 g/mol. The minimum absolute atomic E-state index is 0.0663. The van der Waals surface area contributed by atoms with Gasteiger partial charge < -0.3 is 5.32 Å². The van der Waals surface area contributed by atoms with Crippen LogP contribution in [0.25, 0.3) is 0 Å². The standard InChI is InChI=1S/C9H8N2OS/c12-8-6-9(13-11-8)10-7-4-2-1-3-5-7/h1-6,10H,(H,11,12). The molecule has 2 N–H and O–H groups in total. The first-order chi connectivity index (χ1) is 6.34. The SMILES string of the molecule is O=c1cc(Nc2ccccc2)s[nH]1. The molecule has 0 bridgehead atoms. The Balaban J connectivity index is 2.20. The molecule has 0 atom stereocenters. The predicted octanol–water partition coefficient (Wildman–Crippen LogP) is 2.18. The molecule has 0 spiro atoms. The van der Waals surface area contributed by atoms with Crippen LogP contribution in [0.1, 0.15) is 0 Å². The third-order valence-electron chi connectivity index (χ3n) is 1.57.